The molecule has 2 rings (SSSR count). The van der Waals surface area contributed by atoms with E-state index in [-0.39, 0.29) is 16.5 Å². The molecule has 0 unspecified atom stereocenters. The maximum Gasteiger partial charge on any atom is 0.270 e. The van der Waals surface area contributed by atoms with Crippen LogP contribution in [-0.4, -0.2) is 23.8 Å². The molecule has 1 N–H and O–H groups in total. The average Bonchev–Trinajstić information content (AvgIpc) is 2.83. The number of nitro benzene ring substituents is 1. The minimum atomic E-state index is -0.321. The summed E-state index contributed by atoms with van der Waals surface area (Å²) in [4.78, 5) is 15.1. The average molecular weight is 261 g/mol. The maximum absolute atomic E-state index is 11.0. The molecule has 1 aliphatic heterocycles. The number of nitrogens with zero attached hydrogens (tertiary/aromatic N) is 2. The van der Waals surface area contributed by atoms with Gasteiger partial charge in [-0.05, 0) is 29.5 Å². The zero-order chi connectivity index (χ0) is 14.0. The molecule has 0 saturated heterocycles. The second kappa shape index (κ2) is 5.38. The fourth-order valence-corrected chi connectivity index (χ4v) is 2.42. The molecule has 0 aliphatic carbocycles. The van der Waals surface area contributed by atoms with Gasteiger partial charge in [0.05, 0.1) is 11.5 Å². The van der Waals surface area contributed by atoms with Gasteiger partial charge in [0, 0.05) is 25.1 Å². The lowest BCUT2D eigenvalue weighted by Crippen LogP contribution is -2.21. The summed E-state index contributed by atoms with van der Waals surface area (Å²) >= 11 is 0. The Morgan fingerprint density at radius 1 is 1.47 bits per heavy atom. The van der Waals surface area contributed by atoms with E-state index in [4.69, 9.17) is 0 Å². The molecule has 1 aromatic rings. The SMILES string of the molecule is Cc1c(CC2=NCCN2)cc([N+](=O)[O-])cc1C(C)C. The van der Waals surface area contributed by atoms with Gasteiger partial charge in [0.2, 0.25) is 0 Å². The van der Waals surface area contributed by atoms with Crippen molar-refractivity contribution < 1.29 is 4.92 Å². The van der Waals surface area contributed by atoms with E-state index < -0.39 is 0 Å². The highest BCUT2D eigenvalue weighted by Gasteiger charge is 2.17. The molecule has 5 heteroatoms. The minimum absolute atomic E-state index is 0.169. The van der Waals surface area contributed by atoms with Gasteiger partial charge >= 0.3 is 0 Å². The summed E-state index contributed by atoms with van der Waals surface area (Å²) in [6.45, 7) is 7.80. The van der Waals surface area contributed by atoms with Gasteiger partial charge in [0.15, 0.2) is 0 Å². The van der Waals surface area contributed by atoms with Gasteiger partial charge in [0.1, 0.15) is 5.84 Å². The van der Waals surface area contributed by atoms with Crippen molar-refractivity contribution in [3.63, 3.8) is 0 Å². The standard InChI is InChI=1S/C14H19N3O2/c1-9(2)13-8-12(17(18)19)6-11(10(13)3)7-14-15-4-5-16-14/h6,8-9H,4-5,7H2,1-3H3,(H,15,16). The summed E-state index contributed by atoms with van der Waals surface area (Å²) in [5.41, 5.74) is 3.34. The summed E-state index contributed by atoms with van der Waals surface area (Å²) in [5.74, 6) is 1.20. The van der Waals surface area contributed by atoms with E-state index in [1.165, 1.54) is 0 Å². The molecule has 0 aromatic heterocycles. The predicted molar refractivity (Wildman–Crippen MR) is 75.9 cm³/mol. The first-order valence-electron chi connectivity index (χ1n) is 6.54. The fraction of sp³-hybridized carbons (Fsp3) is 0.500. The van der Waals surface area contributed by atoms with Crippen molar-refractivity contribution in [1.29, 1.82) is 0 Å². The Bertz CT molecular complexity index is 536. The summed E-state index contributed by atoms with van der Waals surface area (Å²) in [5, 5.41) is 14.2. The number of non-ortho nitro benzene ring substituents is 1. The normalized spacial score (nSPS) is 14.4. The highest BCUT2D eigenvalue weighted by atomic mass is 16.6. The quantitative estimate of drug-likeness (QED) is 0.669. The number of benzene rings is 1. The van der Waals surface area contributed by atoms with Gasteiger partial charge in [-0.25, -0.2) is 0 Å². The van der Waals surface area contributed by atoms with Crippen molar-refractivity contribution in [3.05, 3.63) is 38.9 Å². The lowest BCUT2D eigenvalue weighted by atomic mass is 9.92. The predicted octanol–water partition coefficient (Wildman–Crippen LogP) is 2.57. The number of amidine groups is 1. The lowest BCUT2D eigenvalue weighted by Gasteiger charge is -2.14. The van der Waals surface area contributed by atoms with Crippen molar-refractivity contribution in [2.24, 2.45) is 4.99 Å². The molecule has 0 bridgehead atoms. The molecule has 5 nitrogen and oxygen atoms in total. The Hall–Kier alpha value is -1.91. The molecular formula is C14H19N3O2. The van der Waals surface area contributed by atoms with E-state index in [2.05, 4.69) is 24.2 Å². The molecule has 1 heterocycles. The molecule has 0 amide bonds. The number of nitro groups is 1. The first-order chi connectivity index (χ1) is 8.99. The first kappa shape index (κ1) is 13.5. The Morgan fingerprint density at radius 3 is 2.74 bits per heavy atom. The Kier molecular flexibility index (Phi) is 3.83. The smallest absolute Gasteiger partial charge is 0.270 e. The van der Waals surface area contributed by atoms with Gasteiger partial charge in [-0.1, -0.05) is 13.8 Å². The van der Waals surface area contributed by atoms with E-state index >= 15 is 0 Å². The largest absolute Gasteiger partial charge is 0.372 e. The number of rotatable bonds is 4. The van der Waals surface area contributed by atoms with Crippen LogP contribution >= 0.6 is 0 Å². The van der Waals surface area contributed by atoms with Crippen molar-refractivity contribution >= 4 is 11.5 Å². The van der Waals surface area contributed by atoms with Crippen LogP contribution in [0.2, 0.25) is 0 Å². The fourth-order valence-electron chi connectivity index (χ4n) is 2.42. The van der Waals surface area contributed by atoms with Crippen molar-refractivity contribution in [2.75, 3.05) is 13.1 Å². The van der Waals surface area contributed by atoms with Crippen LogP contribution in [-0.2, 0) is 6.42 Å². The van der Waals surface area contributed by atoms with Crippen LogP contribution < -0.4 is 5.32 Å². The van der Waals surface area contributed by atoms with Crippen molar-refractivity contribution in [2.45, 2.75) is 33.1 Å². The summed E-state index contributed by atoms with van der Waals surface area (Å²) in [7, 11) is 0. The molecule has 1 aromatic carbocycles. The third-order valence-electron chi connectivity index (χ3n) is 3.47. The summed E-state index contributed by atoms with van der Waals surface area (Å²) < 4.78 is 0. The van der Waals surface area contributed by atoms with Crippen molar-refractivity contribution in [3.8, 4) is 0 Å². The molecule has 1 aliphatic rings. The topological polar surface area (TPSA) is 67.5 Å². The molecule has 19 heavy (non-hydrogen) atoms. The molecule has 0 radical (unpaired) electrons. The van der Waals surface area contributed by atoms with Crippen LogP contribution in [0.3, 0.4) is 0 Å². The zero-order valence-electron chi connectivity index (χ0n) is 11.6. The van der Waals surface area contributed by atoms with E-state index in [1.54, 1.807) is 12.1 Å². The summed E-state index contributed by atoms with van der Waals surface area (Å²) in [6, 6.07) is 3.36. The van der Waals surface area contributed by atoms with Crippen LogP contribution in [0, 0.1) is 17.0 Å². The first-order valence-corrected chi connectivity index (χ1v) is 6.54. The third-order valence-corrected chi connectivity index (χ3v) is 3.47. The number of hydrogen-bond acceptors (Lipinski definition) is 4. The van der Waals surface area contributed by atoms with Crippen LogP contribution in [0.15, 0.2) is 17.1 Å². The maximum atomic E-state index is 11.0. The Morgan fingerprint density at radius 2 is 2.21 bits per heavy atom. The van der Waals surface area contributed by atoms with Gasteiger partial charge in [0.25, 0.3) is 5.69 Å². The van der Waals surface area contributed by atoms with E-state index in [9.17, 15) is 10.1 Å². The number of aliphatic imine (C=N–C) groups is 1. The van der Waals surface area contributed by atoms with Gasteiger partial charge in [-0.2, -0.15) is 0 Å². The van der Waals surface area contributed by atoms with E-state index in [0.717, 1.165) is 35.6 Å². The Labute approximate surface area is 112 Å². The molecule has 0 fully saturated rings. The van der Waals surface area contributed by atoms with Crippen LogP contribution in [0.5, 0.6) is 0 Å². The van der Waals surface area contributed by atoms with E-state index in [1.807, 2.05) is 6.92 Å². The molecular weight excluding hydrogens is 242 g/mol. The van der Waals surface area contributed by atoms with Gasteiger partial charge in [-0.15, -0.1) is 0 Å². The third kappa shape index (κ3) is 2.92. The van der Waals surface area contributed by atoms with Crippen LogP contribution in [0.4, 0.5) is 5.69 Å². The second-order valence-electron chi connectivity index (χ2n) is 5.16. The zero-order valence-corrected chi connectivity index (χ0v) is 11.6. The molecule has 102 valence electrons. The lowest BCUT2D eigenvalue weighted by molar-refractivity contribution is -0.385. The molecule has 0 atom stereocenters. The van der Waals surface area contributed by atoms with Crippen molar-refractivity contribution in [1.82, 2.24) is 5.32 Å². The minimum Gasteiger partial charge on any atom is -0.372 e. The Balaban J connectivity index is 2.42. The summed E-state index contributed by atoms with van der Waals surface area (Å²) in [6.07, 6.45) is 0.646. The number of hydrogen-bond donors (Lipinski definition) is 1. The molecule has 0 spiro atoms. The van der Waals surface area contributed by atoms with Gasteiger partial charge in [-0.3, -0.25) is 15.1 Å². The van der Waals surface area contributed by atoms with E-state index in [0.29, 0.717) is 6.42 Å². The van der Waals surface area contributed by atoms with Gasteiger partial charge < -0.3 is 5.32 Å². The molecule has 0 saturated carbocycles. The van der Waals surface area contributed by atoms with Crippen LogP contribution in [0.1, 0.15) is 36.5 Å². The highest BCUT2D eigenvalue weighted by molar-refractivity contribution is 5.86. The number of nitrogens with one attached hydrogen (secondary N) is 1. The second-order valence-corrected chi connectivity index (χ2v) is 5.16. The monoisotopic (exact) mass is 261 g/mol. The van der Waals surface area contributed by atoms with Crippen LogP contribution in [0.25, 0.3) is 0 Å². The highest BCUT2D eigenvalue weighted by Crippen LogP contribution is 2.28.